The molecule has 1 amide bonds. The Labute approximate surface area is 185 Å². The van der Waals surface area contributed by atoms with Gasteiger partial charge in [-0.25, -0.2) is 5.92 Å². The second-order valence-corrected chi connectivity index (χ2v) is 5.04. The van der Waals surface area contributed by atoms with Crippen LogP contribution in [0.4, 0.5) is 0 Å². The van der Waals surface area contributed by atoms with Crippen LogP contribution in [-0.2, 0) is 4.79 Å². The van der Waals surface area contributed by atoms with Crippen LogP contribution in [0.15, 0.2) is 0 Å². The maximum Gasteiger partial charge on any atom is 0.296 e. The highest BCUT2D eigenvalue weighted by molar-refractivity contribution is 5.94. The summed E-state index contributed by atoms with van der Waals surface area (Å²) in [6.45, 7) is 1.46. The average Bonchev–Trinajstić information content (AvgIpc) is 2.75. The highest BCUT2D eigenvalue weighted by Crippen LogP contribution is 1.80. The summed E-state index contributed by atoms with van der Waals surface area (Å²) in [5.41, 5.74) is 0. The first-order valence-electron chi connectivity index (χ1n) is 8.52. The first kappa shape index (κ1) is 25.6. The molecule has 0 aliphatic rings. The summed E-state index contributed by atoms with van der Waals surface area (Å²) in [6, 6.07) is 0. The number of rotatable bonds is 4. The molecule has 0 bridgehead atoms. The van der Waals surface area contributed by atoms with Crippen molar-refractivity contribution in [1.82, 2.24) is 10.2 Å². The normalized spacial score (nSPS) is 5.87. The van der Waals surface area contributed by atoms with Crippen molar-refractivity contribution in [1.29, 1.82) is 0 Å². The molecular formula is C28H13N2O-. The smallest absolute Gasteiger partial charge is 0.296 e. The van der Waals surface area contributed by atoms with Crippen LogP contribution in [0.25, 0.3) is 0 Å². The molecule has 0 fully saturated rings. The third-order valence-electron chi connectivity index (χ3n) is 2.43. The predicted molar refractivity (Wildman–Crippen MR) is 121 cm³/mol. The maximum absolute atomic E-state index is 11.4. The lowest BCUT2D eigenvalue weighted by atomic mass is 10.4. The molecule has 0 aromatic carbocycles. The third-order valence-corrected chi connectivity index (χ3v) is 2.43. The van der Waals surface area contributed by atoms with Crippen molar-refractivity contribution in [3.63, 3.8) is 0 Å². The molecule has 0 aliphatic carbocycles. The van der Waals surface area contributed by atoms with Gasteiger partial charge in [-0.1, -0.05) is 0 Å². The summed E-state index contributed by atoms with van der Waals surface area (Å²) in [5, 5.41) is 2.68. The van der Waals surface area contributed by atoms with Gasteiger partial charge in [-0.15, -0.1) is 5.92 Å². The summed E-state index contributed by atoms with van der Waals surface area (Å²) in [4.78, 5) is 13.4. The number of hydrogen-bond acceptors (Lipinski definition) is 2. The molecule has 0 aromatic heterocycles. The van der Waals surface area contributed by atoms with Gasteiger partial charge in [-0.05, 0) is 122 Å². The Kier molecular flexibility index (Phi) is 17.2. The van der Waals surface area contributed by atoms with E-state index in [0.717, 1.165) is 13.0 Å². The van der Waals surface area contributed by atoms with Gasteiger partial charge in [0, 0.05) is 18.4 Å². The Morgan fingerprint density at radius 3 is 1.35 bits per heavy atom. The van der Waals surface area contributed by atoms with Crippen molar-refractivity contribution in [3.8, 4) is 124 Å². The minimum Gasteiger partial charge on any atom is -0.358 e. The van der Waals surface area contributed by atoms with Gasteiger partial charge >= 0.3 is 0 Å². The number of nitrogens with zero attached hydrogens (tertiary/aromatic N) is 1. The molecule has 0 heterocycles. The Morgan fingerprint density at radius 2 is 1.00 bits per heavy atom. The highest BCUT2D eigenvalue weighted by Gasteiger charge is 1.94. The maximum atomic E-state index is 11.4. The Bertz CT molecular complexity index is 1330. The zero-order valence-electron chi connectivity index (χ0n) is 17.0. The third kappa shape index (κ3) is 22.5. The standard InChI is InChI=1S/C28H13N2O/c1-4-5-6-7-8-9-10-11-12-13-14-15-16-17-18-19-20-21-22-23-25-28(31)29-26-24-27-30(2)3/h24,26-27H2,2-3H3,(H,29,31)/q-1. The molecular weight excluding hydrogens is 380 g/mol. The lowest BCUT2D eigenvalue weighted by Crippen LogP contribution is -2.25. The number of hydrogen-bond donors (Lipinski definition) is 1. The molecule has 0 rings (SSSR count). The van der Waals surface area contributed by atoms with E-state index in [2.05, 4.69) is 124 Å². The fraction of sp³-hybridized carbons (Fsp3) is 0.179. The van der Waals surface area contributed by atoms with Crippen molar-refractivity contribution in [2.24, 2.45) is 0 Å². The molecule has 31 heavy (non-hydrogen) atoms. The Hall–Kier alpha value is -5.41. The molecule has 0 spiro atoms. The summed E-state index contributed by atoms with van der Waals surface area (Å²) in [5.74, 6) is 50.3. The van der Waals surface area contributed by atoms with E-state index in [1.54, 1.807) is 0 Å². The topological polar surface area (TPSA) is 32.3 Å². The zero-order valence-corrected chi connectivity index (χ0v) is 17.0. The van der Waals surface area contributed by atoms with E-state index in [-0.39, 0.29) is 5.91 Å². The van der Waals surface area contributed by atoms with E-state index in [0.29, 0.717) is 6.54 Å². The molecule has 0 saturated heterocycles. The quantitative estimate of drug-likeness (QED) is 0.403. The van der Waals surface area contributed by atoms with Crippen molar-refractivity contribution in [2.75, 3.05) is 27.2 Å². The summed E-state index contributed by atoms with van der Waals surface area (Å²) < 4.78 is 0. The van der Waals surface area contributed by atoms with Crippen LogP contribution in [0.3, 0.4) is 0 Å². The molecule has 142 valence electrons. The van der Waals surface area contributed by atoms with Gasteiger partial charge in [0.2, 0.25) is 0 Å². The van der Waals surface area contributed by atoms with Gasteiger partial charge < -0.3 is 16.6 Å². The Balaban J connectivity index is 4.32. The van der Waals surface area contributed by atoms with Gasteiger partial charge in [0.1, 0.15) is 0 Å². The monoisotopic (exact) mass is 393 g/mol. The van der Waals surface area contributed by atoms with Crippen molar-refractivity contribution >= 4 is 5.91 Å². The molecule has 0 radical (unpaired) electrons. The molecule has 0 aromatic rings. The summed E-state index contributed by atoms with van der Waals surface area (Å²) in [6.07, 6.45) is 7.39. The molecule has 1 N–H and O–H groups in total. The fourth-order valence-electron chi connectivity index (χ4n) is 1.29. The van der Waals surface area contributed by atoms with Crippen molar-refractivity contribution in [2.45, 2.75) is 6.42 Å². The van der Waals surface area contributed by atoms with E-state index < -0.39 is 0 Å². The van der Waals surface area contributed by atoms with E-state index in [1.165, 1.54) is 0 Å². The SMILES string of the molecule is [C-]#CC#CC#CC#CC#CC#CC#CC#CC#CC#CC#CC(=O)NCCCN(C)C. The van der Waals surface area contributed by atoms with Crippen molar-refractivity contribution in [3.05, 3.63) is 6.42 Å². The average molecular weight is 393 g/mol. The minimum atomic E-state index is -0.369. The molecule has 0 atom stereocenters. The van der Waals surface area contributed by atoms with Crippen LogP contribution in [0, 0.1) is 131 Å². The van der Waals surface area contributed by atoms with Crippen LogP contribution in [0.5, 0.6) is 0 Å². The Morgan fingerprint density at radius 1 is 0.645 bits per heavy atom. The first-order valence-corrected chi connectivity index (χ1v) is 8.52. The second-order valence-electron chi connectivity index (χ2n) is 5.04. The summed E-state index contributed by atoms with van der Waals surface area (Å²) in [7, 11) is 3.94. The van der Waals surface area contributed by atoms with E-state index in [4.69, 9.17) is 6.42 Å². The lowest BCUT2D eigenvalue weighted by molar-refractivity contribution is -0.115. The van der Waals surface area contributed by atoms with E-state index >= 15 is 0 Å². The van der Waals surface area contributed by atoms with Crippen LogP contribution < -0.4 is 5.32 Å². The molecule has 3 heteroatoms. The number of carbonyl (C=O) groups excluding carboxylic acids is 1. The van der Waals surface area contributed by atoms with Gasteiger partial charge in [0.15, 0.2) is 0 Å². The first-order chi connectivity index (χ1) is 15.2. The number of carbonyl (C=O) groups is 1. The molecule has 0 aliphatic heterocycles. The largest absolute Gasteiger partial charge is 0.358 e. The predicted octanol–water partition coefficient (Wildman–Crippen LogP) is -0.322. The van der Waals surface area contributed by atoms with E-state index in [9.17, 15) is 4.79 Å². The summed E-state index contributed by atoms with van der Waals surface area (Å²) >= 11 is 0. The van der Waals surface area contributed by atoms with Crippen LogP contribution in [0.2, 0.25) is 0 Å². The van der Waals surface area contributed by atoms with Crippen LogP contribution in [0.1, 0.15) is 6.42 Å². The second kappa shape index (κ2) is 20.9. The highest BCUT2D eigenvalue weighted by atomic mass is 16.1. The zero-order chi connectivity index (χ0) is 22.8. The minimum absolute atomic E-state index is 0.369. The van der Waals surface area contributed by atoms with Crippen molar-refractivity contribution < 1.29 is 4.79 Å². The van der Waals surface area contributed by atoms with Gasteiger partial charge in [-0.2, -0.15) is 0 Å². The molecule has 3 nitrogen and oxygen atoms in total. The number of amides is 1. The van der Waals surface area contributed by atoms with Gasteiger partial charge in [0.25, 0.3) is 5.91 Å². The van der Waals surface area contributed by atoms with Gasteiger partial charge in [-0.3, -0.25) is 10.7 Å². The lowest BCUT2D eigenvalue weighted by Gasteiger charge is -2.08. The van der Waals surface area contributed by atoms with Gasteiger partial charge in [0.05, 0.1) is 0 Å². The number of nitrogens with one attached hydrogen (secondary N) is 1. The molecule has 0 saturated carbocycles. The van der Waals surface area contributed by atoms with Crippen LogP contribution in [-0.4, -0.2) is 38.0 Å². The molecule has 0 unspecified atom stereocenters. The fourth-order valence-corrected chi connectivity index (χ4v) is 1.29. The van der Waals surface area contributed by atoms with Crippen LogP contribution >= 0.6 is 0 Å². The van der Waals surface area contributed by atoms with E-state index in [1.807, 2.05) is 24.9 Å².